The van der Waals surface area contributed by atoms with Gasteiger partial charge in [0.25, 0.3) is 0 Å². The predicted molar refractivity (Wildman–Crippen MR) is 96.2 cm³/mol. The zero-order chi connectivity index (χ0) is 17.6. The van der Waals surface area contributed by atoms with Crippen LogP contribution in [0, 0.1) is 5.92 Å². The predicted octanol–water partition coefficient (Wildman–Crippen LogP) is 2.77. The van der Waals surface area contributed by atoms with Crippen LogP contribution < -0.4 is 5.32 Å². The lowest BCUT2D eigenvalue weighted by Gasteiger charge is -2.30. The van der Waals surface area contributed by atoms with Crippen molar-refractivity contribution in [1.29, 1.82) is 0 Å². The van der Waals surface area contributed by atoms with Gasteiger partial charge in [0, 0.05) is 31.7 Å². The molecule has 2 aromatic rings. The van der Waals surface area contributed by atoms with Crippen molar-refractivity contribution >= 4 is 17.6 Å². The normalized spacial score (nSPS) is 15.2. The van der Waals surface area contributed by atoms with Crippen LogP contribution in [-0.2, 0) is 22.6 Å². The van der Waals surface area contributed by atoms with Gasteiger partial charge in [-0.1, -0.05) is 42.5 Å². The van der Waals surface area contributed by atoms with Crippen LogP contribution in [0.4, 0.5) is 5.69 Å². The van der Waals surface area contributed by atoms with E-state index in [9.17, 15) is 14.7 Å². The van der Waals surface area contributed by atoms with Gasteiger partial charge in [0.2, 0.25) is 5.91 Å². The van der Waals surface area contributed by atoms with Crippen LogP contribution in [0.2, 0.25) is 0 Å². The average Bonchev–Trinajstić information content (AvgIpc) is 2.62. The first-order chi connectivity index (χ1) is 12.1. The molecule has 1 aliphatic heterocycles. The lowest BCUT2D eigenvalue weighted by Crippen LogP contribution is -2.38. The first-order valence-electron chi connectivity index (χ1n) is 8.48. The van der Waals surface area contributed by atoms with E-state index in [1.54, 1.807) is 12.1 Å². The van der Waals surface area contributed by atoms with Crippen LogP contribution in [0.1, 0.15) is 17.5 Å². The zero-order valence-electron chi connectivity index (χ0n) is 14.0. The van der Waals surface area contributed by atoms with Gasteiger partial charge in [-0.2, -0.15) is 0 Å². The number of hydrogen-bond donors (Lipinski definition) is 2. The number of para-hydroxylation sites is 1. The summed E-state index contributed by atoms with van der Waals surface area (Å²) in [6.07, 6.45) is 0.890. The van der Waals surface area contributed by atoms with Gasteiger partial charge in [0.1, 0.15) is 0 Å². The molecule has 2 aromatic carbocycles. The van der Waals surface area contributed by atoms with Crippen LogP contribution in [0.25, 0.3) is 0 Å². The minimum atomic E-state index is -0.929. The Hall–Kier alpha value is -2.66. The van der Waals surface area contributed by atoms with E-state index in [4.69, 9.17) is 0 Å². The van der Waals surface area contributed by atoms with Crippen molar-refractivity contribution in [2.75, 3.05) is 18.4 Å². The zero-order valence-corrected chi connectivity index (χ0v) is 14.0. The molecule has 0 radical (unpaired) electrons. The molecule has 0 spiro atoms. The molecule has 130 valence electrons. The van der Waals surface area contributed by atoms with Crippen molar-refractivity contribution in [3.8, 4) is 0 Å². The van der Waals surface area contributed by atoms with E-state index >= 15 is 0 Å². The molecule has 0 aromatic heterocycles. The largest absolute Gasteiger partial charge is 0.481 e. The van der Waals surface area contributed by atoms with Gasteiger partial charge in [-0.15, -0.1) is 0 Å². The number of benzene rings is 2. The maximum Gasteiger partial charge on any atom is 0.308 e. The molecule has 3 rings (SSSR count). The van der Waals surface area contributed by atoms with E-state index in [1.165, 1.54) is 11.1 Å². The fraction of sp³-hybridized carbons (Fsp3) is 0.300. The summed E-state index contributed by atoms with van der Waals surface area (Å²) in [5.74, 6) is -1.91. The minimum absolute atomic E-state index is 0.0254. The molecular weight excluding hydrogens is 316 g/mol. The highest BCUT2D eigenvalue weighted by atomic mass is 16.4. The van der Waals surface area contributed by atoms with E-state index in [0.29, 0.717) is 12.2 Å². The van der Waals surface area contributed by atoms with Gasteiger partial charge in [-0.3, -0.25) is 14.5 Å². The van der Waals surface area contributed by atoms with E-state index in [1.807, 2.05) is 30.3 Å². The molecule has 0 unspecified atom stereocenters. The first-order valence-corrected chi connectivity index (χ1v) is 8.48. The summed E-state index contributed by atoms with van der Waals surface area (Å²) >= 11 is 0. The van der Waals surface area contributed by atoms with Gasteiger partial charge in [-0.25, -0.2) is 0 Å². The third kappa shape index (κ3) is 4.67. The minimum Gasteiger partial charge on any atom is -0.481 e. The van der Waals surface area contributed by atoms with Crippen LogP contribution in [0.5, 0.6) is 0 Å². The van der Waals surface area contributed by atoms with Crippen molar-refractivity contribution in [3.05, 3.63) is 65.7 Å². The molecule has 1 amide bonds. The Morgan fingerprint density at radius 1 is 1.04 bits per heavy atom. The van der Waals surface area contributed by atoms with E-state index < -0.39 is 11.9 Å². The molecule has 1 atom stereocenters. The quantitative estimate of drug-likeness (QED) is 0.850. The number of nitrogens with zero attached hydrogens (tertiary/aromatic N) is 1. The summed E-state index contributed by atoms with van der Waals surface area (Å²) in [5, 5.41) is 12.3. The van der Waals surface area contributed by atoms with Gasteiger partial charge in [0.05, 0.1) is 5.92 Å². The molecular formula is C20H22N2O3. The molecule has 0 saturated heterocycles. The van der Waals surface area contributed by atoms with E-state index in [2.05, 4.69) is 22.3 Å². The van der Waals surface area contributed by atoms with Crippen molar-refractivity contribution in [2.24, 2.45) is 5.92 Å². The molecule has 1 heterocycles. The Labute approximate surface area is 147 Å². The number of anilines is 1. The number of rotatable bonds is 6. The summed E-state index contributed by atoms with van der Waals surface area (Å²) < 4.78 is 0. The van der Waals surface area contributed by atoms with Crippen molar-refractivity contribution in [2.45, 2.75) is 19.4 Å². The van der Waals surface area contributed by atoms with Crippen LogP contribution >= 0.6 is 0 Å². The van der Waals surface area contributed by atoms with Gasteiger partial charge >= 0.3 is 5.97 Å². The number of fused-ring (bicyclic) bond motifs is 1. The highest BCUT2D eigenvalue weighted by molar-refractivity contribution is 5.93. The maximum absolute atomic E-state index is 12.2. The smallest absolute Gasteiger partial charge is 0.308 e. The number of hydrogen-bond acceptors (Lipinski definition) is 3. The van der Waals surface area contributed by atoms with Crippen molar-refractivity contribution < 1.29 is 14.7 Å². The molecule has 2 N–H and O–H groups in total. The maximum atomic E-state index is 12.2. The average molecular weight is 338 g/mol. The molecule has 25 heavy (non-hydrogen) atoms. The highest BCUT2D eigenvalue weighted by Crippen LogP contribution is 2.20. The summed E-state index contributed by atoms with van der Waals surface area (Å²) in [4.78, 5) is 25.9. The van der Waals surface area contributed by atoms with Gasteiger partial charge in [0.15, 0.2) is 0 Å². The van der Waals surface area contributed by atoms with Gasteiger partial charge < -0.3 is 10.4 Å². The Kier molecular flexibility index (Phi) is 5.46. The SMILES string of the molecule is O=C(C[C@H](CN1CCc2ccccc2C1)C(=O)O)Nc1ccccc1. The molecule has 0 saturated carbocycles. The number of carboxylic acid groups (broad SMARTS) is 1. The second-order valence-electron chi connectivity index (χ2n) is 6.41. The fourth-order valence-corrected chi connectivity index (χ4v) is 3.21. The number of carbonyl (C=O) groups excluding carboxylic acids is 1. The Bertz CT molecular complexity index is 746. The van der Waals surface area contributed by atoms with Crippen LogP contribution in [0.3, 0.4) is 0 Å². The van der Waals surface area contributed by atoms with Gasteiger partial charge in [-0.05, 0) is 29.7 Å². The lowest BCUT2D eigenvalue weighted by molar-refractivity contribution is -0.144. The lowest BCUT2D eigenvalue weighted by atomic mass is 9.97. The third-order valence-corrected chi connectivity index (χ3v) is 4.53. The molecule has 5 nitrogen and oxygen atoms in total. The second kappa shape index (κ2) is 7.94. The number of aliphatic carboxylic acids is 1. The van der Waals surface area contributed by atoms with Crippen LogP contribution in [-0.4, -0.2) is 35.0 Å². The molecule has 0 bridgehead atoms. The van der Waals surface area contributed by atoms with E-state index in [-0.39, 0.29) is 12.3 Å². The summed E-state index contributed by atoms with van der Waals surface area (Å²) in [6, 6.07) is 17.3. The van der Waals surface area contributed by atoms with Crippen molar-refractivity contribution in [3.63, 3.8) is 0 Å². The Balaban J connectivity index is 1.58. The second-order valence-corrected chi connectivity index (χ2v) is 6.41. The van der Waals surface area contributed by atoms with E-state index in [0.717, 1.165) is 19.5 Å². The number of carboxylic acids is 1. The standard InChI is InChI=1S/C20H22N2O3/c23-19(21-18-8-2-1-3-9-18)12-17(20(24)25)14-22-11-10-15-6-4-5-7-16(15)13-22/h1-9,17H,10-14H2,(H,21,23)(H,24,25)/t17-/m1/s1. The van der Waals surface area contributed by atoms with Crippen LogP contribution in [0.15, 0.2) is 54.6 Å². The number of amides is 1. The fourth-order valence-electron chi connectivity index (χ4n) is 3.21. The molecule has 5 heteroatoms. The number of nitrogens with one attached hydrogen (secondary N) is 1. The molecule has 0 aliphatic carbocycles. The summed E-state index contributed by atoms with van der Waals surface area (Å²) in [7, 11) is 0. The summed E-state index contributed by atoms with van der Waals surface area (Å²) in [6.45, 7) is 1.94. The Morgan fingerprint density at radius 3 is 2.44 bits per heavy atom. The molecule has 1 aliphatic rings. The Morgan fingerprint density at radius 2 is 1.72 bits per heavy atom. The third-order valence-electron chi connectivity index (χ3n) is 4.53. The van der Waals surface area contributed by atoms with Crippen molar-refractivity contribution in [1.82, 2.24) is 4.90 Å². The highest BCUT2D eigenvalue weighted by Gasteiger charge is 2.26. The summed E-state index contributed by atoms with van der Waals surface area (Å²) in [5.41, 5.74) is 3.25. The monoisotopic (exact) mass is 338 g/mol. The first kappa shape index (κ1) is 17.2. The number of carbonyl (C=O) groups is 2. The topological polar surface area (TPSA) is 69.6 Å². The molecule has 0 fully saturated rings.